The zero-order valence-corrected chi connectivity index (χ0v) is 18.0. The van der Waals surface area contributed by atoms with Gasteiger partial charge < -0.3 is 4.57 Å². The SMILES string of the molecule is Cc1nc(P(=O)(c2ccc3ccccc3c2)c2ccc3ccccc3c2)sc1C. The van der Waals surface area contributed by atoms with Crippen LogP contribution in [0.1, 0.15) is 10.6 Å². The Morgan fingerprint density at radius 3 is 1.62 bits per heavy atom. The van der Waals surface area contributed by atoms with Crippen molar-refractivity contribution < 1.29 is 4.57 Å². The average molecular weight is 413 g/mol. The monoisotopic (exact) mass is 413 g/mol. The minimum absolute atomic E-state index is 0.707. The highest BCUT2D eigenvalue weighted by Gasteiger charge is 2.33. The van der Waals surface area contributed by atoms with Gasteiger partial charge in [-0.3, -0.25) is 0 Å². The standard InChI is InChI=1S/C25H20NOPS/c1-17-18(2)29-25(26-17)28(27,23-13-11-19-7-3-5-9-21(19)15-23)24-14-12-20-8-4-6-10-22(20)16-24/h3-16H,1-2H3. The second-order valence-electron chi connectivity index (χ2n) is 7.31. The number of hydrogen-bond acceptors (Lipinski definition) is 3. The smallest absolute Gasteiger partial charge is 0.198 e. The van der Waals surface area contributed by atoms with Crippen molar-refractivity contribution in [3.05, 3.63) is 95.5 Å². The molecule has 0 saturated carbocycles. The van der Waals surface area contributed by atoms with Gasteiger partial charge >= 0.3 is 0 Å². The summed E-state index contributed by atoms with van der Waals surface area (Å²) in [7, 11) is -3.08. The molecule has 0 bridgehead atoms. The summed E-state index contributed by atoms with van der Waals surface area (Å²) < 4.78 is 15.5. The van der Waals surface area contributed by atoms with Crippen molar-refractivity contribution in [1.82, 2.24) is 4.98 Å². The maximum atomic E-state index is 14.8. The molecule has 5 aromatic rings. The van der Waals surface area contributed by atoms with E-state index >= 15 is 0 Å². The van der Waals surface area contributed by atoms with E-state index in [0.717, 1.165) is 42.7 Å². The molecule has 0 aliphatic heterocycles. The molecule has 0 unspecified atom stereocenters. The first-order chi connectivity index (χ1) is 14.1. The molecule has 1 heterocycles. The summed E-state index contributed by atoms with van der Waals surface area (Å²) in [6.45, 7) is 4.03. The van der Waals surface area contributed by atoms with E-state index in [4.69, 9.17) is 4.98 Å². The first kappa shape index (κ1) is 18.3. The van der Waals surface area contributed by atoms with E-state index in [1.807, 2.05) is 50.2 Å². The molecule has 0 aliphatic carbocycles. The van der Waals surface area contributed by atoms with Gasteiger partial charge in [0.25, 0.3) is 0 Å². The van der Waals surface area contributed by atoms with Crippen molar-refractivity contribution in [2.45, 2.75) is 13.8 Å². The Balaban J connectivity index is 1.81. The number of rotatable bonds is 3. The largest absolute Gasteiger partial charge is 0.306 e. The van der Waals surface area contributed by atoms with Crippen molar-refractivity contribution in [1.29, 1.82) is 0 Å². The van der Waals surface area contributed by atoms with Crippen LogP contribution in [0.3, 0.4) is 0 Å². The summed E-state index contributed by atoms with van der Waals surface area (Å²) in [5.41, 5.74) is 0.951. The third-order valence-electron chi connectivity index (χ3n) is 5.48. The maximum Gasteiger partial charge on any atom is 0.198 e. The average Bonchev–Trinajstić information content (AvgIpc) is 3.11. The summed E-state index contributed by atoms with van der Waals surface area (Å²) in [5.74, 6) is 0. The van der Waals surface area contributed by atoms with Crippen molar-refractivity contribution in [2.24, 2.45) is 0 Å². The minimum Gasteiger partial charge on any atom is -0.306 e. The van der Waals surface area contributed by atoms with Gasteiger partial charge in [-0.2, -0.15) is 0 Å². The van der Waals surface area contributed by atoms with E-state index in [2.05, 4.69) is 48.5 Å². The molecule has 1 aromatic heterocycles. The predicted molar refractivity (Wildman–Crippen MR) is 126 cm³/mol. The Morgan fingerprint density at radius 2 is 1.17 bits per heavy atom. The van der Waals surface area contributed by atoms with Gasteiger partial charge in [0.05, 0.1) is 5.69 Å². The maximum absolute atomic E-state index is 14.8. The first-order valence-corrected chi connectivity index (χ1v) is 12.1. The summed E-state index contributed by atoms with van der Waals surface area (Å²) >= 11 is 1.55. The lowest BCUT2D eigenvalue weighted by atomic mass is 10.1. The van der Waals surface area contributed by atoms with Crippen molar-refractivity contribution in [2.75, 3.05) is 0 Å². The van der Waals surface area contributed by atoms with Crippen LogP contribution in [0.25, 0.3) is 21.5 Å². The molecule has 0 saturated heterocycles. The van der Waals surface area contributed by atoms with Crippen LogP contribution in [-0.2, 0) is 4.57 Å². The molecule has 142 valence electrons. The Hall–Kier alpha value is -2.74. The number of hydrogen-bond donors (Lipinski definition) is 0. The van der Waals surface area contributed by atoms with Crippen molar-refractivity contribution in [3.63, 3.8) is 0 Å². The molecule has 4 aromatic carbocycles. The van der Waals surface area contributed by atoms with Crippen molar-refractivity contribution in [3.8, 4) is 0 Å². The predicted octanol–water partition coefficient (Wildman–Crippen LogP) is 5.71. The molecule has 5 rings (SSSR count). The molecule has 0 radical (unpaired) electrons. The minimum atomic E-state index is -3.08. The quantitative estimate of drug-likeness (QED) is 0.355. The molecule has 0 spiro atoms. The molecule has 4 heteroatoms. The fourth-order valence-electron chi connectivity index (χ4n) is 3.71. The third-order valence-corrected chi connectivity index (χ3v) is 10.1. The van der Waals surface area contributed by atoms with Gasteiger partial charge in [-0.05, 0) is 47.5 Å². The molecular weight excluding hydrogens is 393 g/mol. The van der Waals surface area contributed by atoms with Gasteiger partial charge in [-0.15, -0.1) is 11.3 Å². The summed E-state index contributed by atoms with van der Waals surface area (Å²) in [4.78, 5) is 5.86. The van der Waals surface area contributed by atoms with E-state index in [-0.39, 0.29) is 0 Å². The van der Waals surface area contributed by atoms with Crippen LogP contribution < -0.4 is 15.4 Å². The van der Waals surface area contributed by atoms with Crippen molar-refractivity contribution >= 4 is 55.4 Å². The molecule has 0 N–H and O–H groups in total. The van der Waals surface area contributed by atoms with E-state index in [0.29, 0.717) is 4.75 Å². The van der Waals surface area contributed by atoms with Gasteiger partial charge in [-0.1, -0.05) is 72.8 Å². The fourth-order valence-corrected chi connectivity index (χ4v) is 8.15. The number of nitrogens with zero attached hydrogens (tertiary/aromatic N) is 1. The summed E-state index contributed by atoms with van der Waals surface area (Å²) in [6.07, 6.45) is 0. The van der Waals surface area contributed by atoms with Crippen LogP contribution in [0.15, 0.2) is 84.9 Å². The first-order valence-electron chi connectivity index (χ1n) is 9.59. The van der Waals surface area contributed by atoms with E-state index < -0.39 is 7.14 Å². The lowest BCUT2D eigenvalue weighted by molar-refractivity contribution is 0.592. The van der Waals surface area contributed by atoms with E-state index in [1.54, 1.807) is 11.3 Å². The number of benzene rings is 4. The highest BCUT2D eigenvalue weighted by Crippen LogP contribution is 2.45. The normalized spacial score (nSPS) is 11.9. The Kier molecular flexibility index (Phi) is 4.38. The molecule has 0 atom stereocenters. The van der Waals surface area contributed by atoms with Gasteiger partial charge in [0.1, 0.15) is 0 Å². The zero-order chi connectivity index (χ0) is 20.0. The van der Waals surface area contributed by atoms with Crippen LogP contribution in [0.4, 0.5) is 0 Å². The van der Waals surface area contributed by atoms with Crippen LogP contribution in [0.2, 0.25) is 0 Å². The highest BCUT2D eigenvalue weighted by molar-refractivity contribution is 7.88. The van der Waals surface area contributed by atoms with E-state index in [1.165, 1.54) is 0 Å². The van der Waals surface area contributed by atoms with Gasteiger partial charge in [0.2, 0.25) is 0 Å². The number of fused-ring (bicyclic) bond motifs is 2. The highest BCUT2D eigenvalue weighted by atomic mass is 32.1. The number of thiazole rings is 1. The summed E-state index contributed by atoms with van der Waals surface area (Å²) in [5, 5.41) is 6.15. The number of aryl methyl sites for hydroxylation is 2. The van der Waals surface area contributed by atoms with Gasteiger partial charge in [0, 0.05) is 15.5 Å². The summed E-state index contributed by atoms with van der Waals surface area (Å²) in [6, 6.07) is 28.7. The molecule has 0 amide bonds. The fraction of sp³-hybridized carbons (Fsp3) is 0.0800. The third kappa shape index (κ3) is 3.02. The molecular formula is C25H20NOPS. The molecule has 0 fully saturated rings. The molecule has 0 aliphatic rings. The molecule has 29 heavy (non-hydrogen) atoms. The Bertz CT molecular complexity index is 1320. The van der Waals surface area contributed by atoms with Crippen LogP contribution in [0, 0.1) is 13.8 Å². The Morgan fingerprint density at radius 1 is 0.690 bits per heavy atom. The molecule has 2 nitrogen and oxygen atoms in total. The van der Waals surface area contributed by atoms with Crippen LogP contribution in [0.5, 0.6) is 0 Å². The Labute approximate surface area is 174 Å². The second kappa shape index (κ2) is 6.95. The lowest BCUT2D eigenvalue weighted by Crippen LogP contribution is -2.25. The lowest BCUT2D eigenvalue weighted by Gasteiger charge is -2.18. The van der Waals surface area contributed by atoms with Crippen LogP contribution in [-0.4, -0.2) is 4.98 Å². The topological polar surface area (TPSA) is 30.0 Å². The zero-order valence-electron chi connectivity index (χ0n) is 16.3. The second-order valence-corrected chi connectivity index (χ2v) is 11.5. The van der Waals surface area contributed by atoms with Gasteiger partial charge in [0.15, 0.2) is 11.9 Å². The van der Waals surface area contributed by atoms with Crippen LogP contribution >= 0.6 is 18.5 Å². The van der Waals surface area contributed by atoms with E-state index in [9.17, 15) is 4.57 Å². The van der Waals surface area contributed by atoms with Gasteiger partial charge in [-0.25, -0.2) is 4.98 Å². The number of aromatic nitrogens is 1.